The number of amides is 7. The van der Waals surface area contributed by atoms with Crippen LogP contribution in [0.5, 0.6) is 0 Å². The Balaban J connectivity index is 1.28. The van der Waals surface area contributed by atoms with Crippen LogP contribution >= 0.6 is 0 Å². The highest BCUT2D eigenvalue weighted by molar-refractivity contribution is 5.93. The number of nitrogens with one attached hydrogen (secondary N) is 6. The predicted molar refractivity (Wildman–Crippen MR) is 262 cm³/mol. The Kier molecular flexibility index (Phi) is 19.8. The fourth-order valence-corrected chi connectivity index (χ4v) is 9.04. The van der Waals surface area contributed by atoms with Gasteiger partial charge in [-0.1, -0.05) is 68.3 Å². The second-order valence-corrected chi connectivity index (χ2v) is 18.3. The number of carbonyl (C=O) groups is 7. The maximum absolute atomic E-state index is 15.0. The van der Waals surface area contributed by atoms with E-state index in [1.165, 1.54) is 19.1 Å². The molecule has 4 aromatic rings. The first-order valence-corrected chi connectivity index (χ1v) is 24.4. The van der Waals surface area contributed by atoms with E-state index < -0.39 is 60.3 Å². The number of likely N-dealkylation sites (N-methyl/N-ethyl adjacent to an activating group) is 1. The lowest BCUT2D eigenvalue weighted by atomic mass is 10.0. The molecule has 1 aromatic heterocycles. The molecule has 0 fully saturated rings. The molecule has 0 saturated heterocycles. The molecule has 376 valence electrons. The summed E-state index contributed by atoms with van der Waals surface area (Å²) < 4.78 is 23.2. The van der Waals surface area contributed by atoms with Crippen LogP contribution in [-0.4, -0.2) is 120 Å². The molecule has 3 heterocycles. The second kappa shape index (κ2) is 26.4. The van der Waals surface area contributed by atoms with Crippen molar-refractivity contribution in [3.05, 3.63) is 107 Å². The Morgan fingerprint density at radius 3 is 2.31 bits per heavy atom. The molecule has 0 aliphatic carbocycles. The number of hydrogen-bond donors (Lipinski definition) is 6. The van der Waals surface area contributed by atoms with Crippen LogP contribution in [0.4, 0.5) is 4.39 Å². The summed E-state index contributed by atoms with van der Waals surface area (Å²) in [4.78, 5) is 95.5. The number of aryl methyl sites for hydroxylation is 1. The average molecular weight is 966 g/mol. The van der Waals surface area contributed by atoms with Crippen molar-refractivity contribution in [2.24, 2.45) is 0 Å². The van der Waals surface area contributed by atoms with Gasteiger partial charge in [-0.3, -0.25) is 38.5 Å². The fraction of sp³-hybridized carbons (Fsp3) is 0.481. The number of ether oxygens (including phenoxy) is 1. The summed E-state index contributed by atoms with van der Waals surface area (Å²) in [5, 5.41) is 17.5. The van der Waals surface area contributed by atoms with Crippen molar-refractivity contribution < 1.29 is 42.7 Å². The third-order valence-electron chi connectivity index (χ3n) is 12.8. The van der Waals surface area contributed by atoms with Crippen molar-refractivity contribution in [3.8, 4) is 0 Å². The summed E-state index contributed by atoms with van der Waals surface area (Å²) in [5.74, 6) is -3.13. The fourth-order valence-electron chi connectivity index (χ4n) is 9.04. The molecule has 0 radical (unpaired) electrons. The van der Waals surface area contributed by atoms with Gasteiger partial charge in [0.15, 0.2) is 0 Å². The standard InChI is InChI=1S/C52H68FN9O8/c1-4-50-60(3)32-42-26-40-31-61(45-17-16-41(53)27-43(40)45)22-7-5-6-8-23-62(30-37-14-12-36(13-15-37)20-21-54-34-63)49(67)19-18-46(64)57-35(2)51(68)56-29-47(65)59-44(52(69)58-42)25-38-10-9-11-39(24-38)28-55-48(66)33-70-50/h9-17,24,27,31,34-35,42,44,50H,4-8,18-23,25-26,28-30,32-33H2,1-3H3,(H,54,63)(H,55,66)(H,56,68)(H,57,64)(H,58,69)(H,59,65)/t35-,42-,44-,50-/m0/s1. The van der Waals surface area contributed by atoms with E-state index in [1.54, 1.807) is 17.0 Å². The lowest BCUT2D eigenvalue weighted by Gasteiger charge is -2.32. The number of halogens is 1. The van der Waals surface area contributed by atoms with E-state index in [-0.39, 0.29) is 50.8 Å². The monoisotopic (exact) mass is 966 g/mol. The molecular weight excluding hydrogens is 898 g/mol. The number of hydrogen-bond acceptors (Lipinski definition) is 9. The minimum absolute atomic E-state index is 0.0766. The highest BCUT2D eigenvalue weighted by Crippen LogP contribution is 2.26. The second-order valence-electron chi connectivity index (χ2n) is 18.3. The highest BCUT2D eigenvalue weighted by Gasteiger charge is 2.29. The van der Waals surface area contributed by atoms with Crippen molar-refractivity contribution in [3.63, 3.8) is 0 Å². The SMILES string of the molecule is CC[C@@H]1OCC(=O)NCc2cccc(c2)C[C@@H]2NC(=O)CNC(=O)[C@H](C)NC(=O)CCC(=O)N(Cc3ccc(CCNC=O)cc3)CCCCCCn3cc(c4cc(F)ccc43)C[C@@H](CN1C)NC2=O. The number of benzene rings is 3. The molecule has 0 saturated carbocycles. The van der Waals surface area contributed by atoms with Gasteiger partial charge in [-0.25, -0.2) is 4.39 Å². The number of rotatable bonds is 7. The molecule has 7 amide bonds. The third kappa shape index (κ3) is 15.9. The Morgan fingerprint density at radius 2 is 1.54 bits per heavy atom. The van der Waals surface area contributed by atoms with Gasteiger partial charge in [0.2, 0.25) is 41.9 Å². The van der Waals surface area contributed by atoms with Crippen LogP contribution in [0, 0.1) is 5.82 Å². The van der Waals surface area contributed by atoms with Gasteiger partial charge < -0.3 is 46.1 Å². The topological polar surface area (TPSA) is 212 Å². The lowest BCUT2D eigenvalue weighted by Crippen LogP contribution is -2.55. The first-order chi connectivity index (χ1) is 33.8. The zero-order chi connectivity index (χ0) is 50.0. The molecule has 0 spiro atoms. The van der Waals surface area contributed by atoms with Crippen molar-refractivity contribution in [1.29, 1.82) is 0 Å². The van der Waals surface area contributed by atoms with Gasteiger partial charge in [0.05, 0.1) is 6.54 Å². The highest BCUT2D eigenvalue weighted by atomic mass is 19.1. The van der Waals surface area contributed by atoms with Crippen LogP contribution in [0.2, 0.25) is 0 Å². The van der Waals surface area contributed by atoms with E-state index in [2.05, 4.69) is 36.5 Å². The molecule has 0 unspecified atom stereocenters. The average Bonchev–Trinajstić information content (AvgIpc) is 3.67. The minimum atomic E-state index is -1.10. The lowest BCUT2D eigenvalue weighted by molar-refractivity contribution is -0.135. The summed E-state index contributed by atoms with van der Waals surface area (Å²) in [7, 11) is 1.85. The van der Waals surface area contributed by atoms with E-state index in [9.17, 15) is 33.6 Å². The van der Waals surface area contributed by atoms with Gasteiger partial charge in [-0.2, -0.15) is 0 Å². The summed E-state index contributed by atoms with van der Waals surface area (Å²) >= 11 is 0. The predicted octanol–water partition coefficient (Wildman–Crippen LogP) is 3.14. The molecule has 2 aliphatic rings. The van der Waals surface area contributed by atoms with Crippen LogP contribution in [0.1, 0.15) is 86.6 Å². The van der Waals surface area contributed by atoms with Gasteiger partial charge in [0.25, 0.3) is 0 Å². The molecule has 17 nitrogen and oxygen atoms in total. The zero-order valence-corrected chi connectivity index (χ0v) is 40.5. The van der Waals surface area contributed by atoms with Gasteiger partial charge in [-0.05, 0) is 92.1 Å². The molecule has 4 atom stereocenters. The van der Waals surface area contributed by atoms with Crippen LogP contribution in [-0.2, 0) is 77.2 Å². The van der Waals surface area contributed by atoms with Gasteiger partial charge in [0.1, 0.15) is 30.7 Å². The maximum Gasteiger partial charge on any atom is 0.246 e. The van der Waals surface area contributed by atoms with Crippen molar-refractivity contribution in [2.75, 3.05) is 39.8 Å². The summed E-state index contributed by atoms with van der Waals surface area (Å²) in [6.45, 7) is 5.21. The Morgan fingerprint density at radius 1 is 0.786 bits per heavy atom. The molecule has 6 rings (SSSR count). The molecule has 3 aromatic carbocycles. The number of carbonyl (C=O) groups excluding carboxylic acids is 7. The number of aromatic nitrogens is 1. The quantitative estimate of drug-likeness (QED) is 0.119. The molecule has 2 aliphatic heterocycles. The van der Waals surface area contributed by atoms with Crippen LogP contribution in [0.25, 0.3) is 10.9 Å². The number of nitrogens with zero attached hydrogens (tertiary/aromatic N) is 3. The van der Waals surface area contributed by atoms with Crippen molar-refractivity contribution in [2.45, 2.75) is 122 Å². The maximum atomic E-state index is 15.0. The summed E-state index contributed by atoms with van der Waals surface area (Å²) in [5.41, 5.74) is 5.12. The van der Waals surface area contributed by atoms with Crippen LogP contribution in [0.15, 0.2) is 72.9 Å². The minimum Gasteiger partial charge on any atom is -0.358 e. The third-order valence-corrected chi connectivity index (χ3v) is 12.8. The van der Waals surface area contributed by atoms with E-state index >= 15 is 4.39 Å². The Hall–Kier alpha value is -6.66. The zero-order valence-electron chi connectivity index (χ0n) is 40.5. The van der Waals surface area contributed by atoms with Gasteiger partial charge in [-0.15, -0.1) is 0 Å². The number of fused-ring (bicyclic) bond motifs is 10. The molecule has 70 heavy (non-hydrogen) atoms. The van der Waals surface area contributed by atoms with Crippen LogP contribution < -0.4 is 31.9 Å². The van der Waals surface area contributed by atoms with Gasteiger partial charge >= 0.3 is 0 Å². The normalized spacial score (nSPS) is 21.8. The van der Waals surface area contributed by atoms with E-state index in [0.29, 0.717) is 62.8 Å². The van der Waals surface area contributed by atoms with E-state index in [4.69, 9.17) is 4.74 Å². The molecule has 6 bridgehead atoms. The molecular formula is C52H68FN9O8. The smallest absolute Gasteiger partial charge is 0.246 e. The van der Waals surface area contributed by atoms with E-state index in [0.717, 1.165) is 53.5 Å². The van der Waals surface area contributed by atoms with Crippen LogP contribution in [0.3, 0.4) is 0 Å². The first-order valence-electron chi connectivity index (χ1n) is 24.4. The van der Waals surface area contributed by atoms with Crippen molar-refractivity contribution in [1.82, 2.24) is 46.3 Å². The van der Waals surface area contributed by atoms with Crippen molar-refractivity contribution >= 4 is 52.8 Å². The van der Waals surface area contributed by atoms with E-state index in [1.807, 2.05) is 67.5 Å². The Labute approximate surface area is 409 Å². The first kappa shape index (κ1) is 52.7. The Bertz CT molecular complexity index is 2450. The summed E-state index contributed by atoms with van der Waals surface area (Å²) in [6.07, 6.45) is 6.73. The largest absolute Gasteiger partial charge is 0.358 e. The van der Waals surface area contributed by atoms with Gasteiger partial charge in [0, 0.05) is 81.7 Å². The summed E-state index contributed by atoms with van der Waals surface area (Å²) in [6, 6.07) is 17.2. The molecule has 6 N–H and O–H groups in total. The molecule has 18 heteroatoms.